The molecule has 1 heterocycles. The van der Waals surface area contributed by atoms with Crippen LogP contribution in [0.1, 0.15) is 6.92 Å². The van der Waals surface area contributed by atoms with Gasteiger partial charge in [-0.25, -0.2) is 0 Å². The first kappa shape index (κ1) is 7.24. The van der Waals surface area contributed by atoms with Crippen molar-refractivity contribution in [3.8, 4) is 0 Å². The van der Waals surface area contributed by atoms with E-state index in [1.165, 1.54) is 6.92 Å². The molecule has 56 valence electrons. The van der Waals surface area contributed by atoms with Crippen molar-refractivity contribution in [2.45, 2.75) is 19.3 Å². The van der Waals surface area contributed by atoms with E-state index in [1.807, 2.05) is 0 Å². The summed E-state index contributed by atoms with van der Waals surface area (Å²) in [6.07, 6.45) is -0.949. The van der Waals surface area contributed by atoms with Gasteiger partial charge in [0, 0.05) is 6.08 Å². The molecule has 0 aliphatic carbocycles. The van der Waals surface area contributed by atoms with Crippen molar-refractivity contribution in [3.05, 3.63) is 11.8 Å². The van der Waals surface area contributed by atoms with E-state index in [0.717, 1.165) is 6.08 Å². The fourth-order valence-corrected chi connectivity index (χ4v) is 0.736. The SMILES string of the molecule is CC1OC(O)C=C(O)C1=O. The van der Waals surface area contributed by atoms with Gasteiger partial charge in [0.15, 0.2) is 12.0 Å². The van der Waals surface area contributed by atoms with Crippen LogP contribution < -0.4 is 0 Å². The predicted octanol–water partition coefficient (Wildman–Crippen LogP) is -0.266. The minimum atomic E-state index is -1.16. The average Bonchev–Trinajstić information content (AvgIpc) is 1.82. The molecule has 0 radical (unpaired) electrons. The lowest BCUT2D eigenvalue weighted by molar-refractivity contribution is -0.150. The van der Waals surface area contributed by atoms with Gasteiger partial charge in [-0.2, -0.15) is 0 Å². The second-order valence-corrected chi connectivity index (χ2v) is 2.09. The first-order valence-electron chi connectivity index (χ1n) is 2.90. The monoisotopic (exact) mass is 144 g/mol. The first-order chi connectivity index (χ1) is 4.61. The van der Waals surface area contributed by atoms with Gasteiger partial charge in [-0.05, 0) is 6.92 Å². The third-order valence-electron chi connectivity index (χ3n) is 1.27. The summed E-state index contributed by atoms with van der Waals surface area (Å²) < 4.78 is 4.64. The molecule has 1 aliphatic rings. The van der Waals surface area contributed by atoms with Gasteiger partial charge in [-0.3, -0.25) is 4.79 Å². The number of Topliss-reactive ketones (excluding diaryl/α,β-unsaturated/α-hetero) is 1. The van der Waals surface area contributed by atoms with Gasteiger partial charge >= 0.3 is 0 Å². The highest BCUT2D eigenvalue weighted by atomic mass is 16.6. The summed E-state index contributed by atoms with van der Waals surface area (Å²) in [5, 5.41) is 17.5. The second-order valence-electron chi connectivity index (χ2n) is 2.09. The normalized spacial score (nSPS) is 33.8. The molecule has 4 nitrogen and oxygen atoms in total. The molecule has 0 amide bonds. The third kappa shape index (κ3) is 1.17. The molecule has 10 heavy (non-hydrogen) atoms. The van der Waals surface area contributed by atoms with Crippen molar-refractivity contribution >= 4 is 5.78 Å². The van der Waals surface area contributed by atoms with Crippen LogP contribution in [0.15, 0.2) is 11.8 Å². The topological polar surface area (TPSA) is 66.8 Å². The summed E-state index contributed by atoms with van der Waals surface area (Å²) in [6.45, 7) is 1.47. The van der Waals surface area contributed by atoms with Gasteiger partial charge in [0.05, 0.1) is 0 Å². The van der Waals surface area contributed by atoms with Crippen LogP contribution in [0.5, 0.6) is 0 Å². The van der Waals surface area contributed by atoms with Crippen LogP contribution in [-0.2, 0) is 9.53 Å². The Morgan fingerprint density at radius 1 is 1.70 bits per heavy atom. The zero-order chi connectivity index (χ0) is 7.72. The summed E-state index contributed by atoms with van der Waals surface area (Å²) in [6, 6.07) is 0. The molecular formula is C6H8O4. The first-order valence-corrected chi connectivity index (χ1v) is 2.90. The zero-order valence-electron chi connectivity index (χ0n) is 5.44. The molecule has 2 atom stereocenters. The number of hydrogen-bond donors (Lipinski definition) is 2. The van der Waals surface area contributed by atoms with Crippen LogP contribution in [0.4, 0.5) is 0 Å². The summed E-state index contributed by atoms with van der Waals surface area (Å²) in [7, 11) is 0. The molecule has 2 unspecified atom stereocenters. The third-order valence-corrected chi connectivity index (χ3v) is 1.27. The summed E-state index contributed by atoms with van der Waals surface area (Å²) >= 11 is 0. The molecule has 0 fully saturated rings. The van der Waals surface area contributed by atoms with Crippen LogP contribution in [0.3, 0.4) is 0 Å². The average molecular weight is 144 g/mol. The molecule has 0 spiro atoms. The molecule has 2 N–H and O–H groups in total. The molecule has 0 aromatic heterocycles. The molecule has 0 aromatic carbocycles. The van der Waals surface area contributed by atoms with Crippen molar-refractivity contribution in [1.82, 2.24) is 0 Å². The minimum absolute atomic E-state index is 0.425. The number of rotatable bonds is 0. The van der Waals surface area contributed by atoms with Crippen LogP contribution in [0, 0.1) is 0 Å². The fraction of sp³-hybridized carbons (Fsp3) is 0.500. The highest BCUT2D eigenvalue weighted by Crippen LogP contribution is 2.11. The molecule has 4 heteroatoms. The standard InChI is InChI=1S/C6H8O4/c1-3-6(9)4(7)2-5(8)10-3/h2-3,5,7-8H,1H3. The van der Waals surface area contributed by atoms with Crippen LogP contribution in [0.25, 0.3) is 0 Å². The lowest BCUT2D eigenvalue weighted by Crippen LogP contribution is -2.32. The van der Waals surface area contributed by atoms with Gasteiger partial charge in [-0.1, -0.05) is 0 Å². The summed E-state index contributed by atoms with van der Waals surface area (Å²) in [5.74, 6) is -0.920. The zero-order valence-corrected chi connectivity index (χ0v) is 5.44. The number of carbonyl (C=O) groups is 1. The van der Waals surface area contributed by atoms with Crippen molar-refractivity contribution in [3.63, 3.8) is 0 Å². The van der Waals surface area contributed by atoms with E-state index in [2.05, 4.69) is 4.74 Å². The number of ketones is 1. The molecule has 0 saturated carbocycles. The number of ether oxygens (including phenoxy) is 1. The lowest BCUT2D eigenvalue weighted by atomic mass is 10.2. The second kappa shape index (κ2) is 2.40. The van der Waals surface area contributed by atoms with Crippen LogP contribution >= 0.6 is 0 Å². The number of aliphatic hydroxyl groups excluding tert-OH is 2. The Morgan fingerprint density at radius 3 is 2.80 bits per heavy atom. The lowest BCUT2D eigenvalue weighted by Gasteiger charge is -2.19. The highest BCUT2D eigenvalue weighted by Gasteiger charge is 2.25. The Hall–Kier alpha value is -0.870. The Balaban J connectivity index is 2.81. The Bertz CT molecular complexity index is 184. The van der Waals surface area contributed by atoms with Gasteiger partial charge in [0.25, 0.3) is 0 Å². The molecular weight excluding hydrogens is 136 g/mol. The Labute approximate surface area is 57.7 Å². The van der Waals surface area contributed by atoms with Gasteiger partial charge in [0.2, 0.25) is 5.78 Å². The molecule has 1 rings (SSSR count). The minimum Gasteiger partial charge on any atom is -0.504 e. The van der Waals surface area contributed by atoms with Gasteiger partial charge < -0.3 is 14.9 Å². The maximum absolute atomic E-state index is 10.7. The number of aliphatic hydroxyl groups is 2. The summed E-state index contributed by atoms with van der Waals surface area (Å²) in [5.41, 5.74) is 0. The van der Waals surface area contributed by atoms with Crippen LogP contribution in [-0.4, -0.2) is 28.4 Å². The molecule has 0 saturated heterocycles. The molecule has 0 bridgehead atoms. The highest BCUT2D eigenvalue weighted by molar-refractivity contribution is 5.96. The number of carbonyl (C=O) groups excluding carboxylic acids is 1. The number of hydrogen-bond acceptors (Lipinski definition) is 4. The van der Waals surface area contributed by atoms with Crippen molar-refractivity contribution < 1.29 is 19.7 Å². The van der Waals surface area contributed by atoms with Crippen LogP contribution in [0.2, 0.25) is 0 Å². The smallest absolute Gasteiger partial charge is 0.225 e. The van der Waals surface area contributed by atoms with Crippen molar-refractivity contribution in [2.24, 2.45) is 0 Å². The van der Waals surface area contributed by atoms with E-state index in [9.17, 15) is 4.79 Å². The van der Waals surface area contributed by atoms with Gasteiger partial charge in [-0.15, -0.1) is 0 Å². The Morgan fingerprint density at radius 2 is 2.30 bits per heavy atom. The van der Waals surface area contributed by atoms with Gasteiger partial charge in [0.1, 0.15) is 6.10 Å². The molecule has 1 aliphatic heterocycles. The van der Waals surface area contributed by atoms with E-state index >= 15 is 0 Å². The van der Waals surface area contributed by atoms with Crippen molar-refractivity contribution in [2.75, 3.05) is 0 Å². The van der Waals surface area contributed by atoms with E-state index in [0.29, 0.717) is 0 Å². The van der Waals surface area contributed by atoms with Crippen molar-refractivity contribution in [1.29, 1.82) is 0 Å². The van der Waals surface area contributed by atoms with E-state index < -0.39 is 23.9 Å². The maximum atomic E-state index is 10.7. The van der Waals surface area contributed by atoms with E-state index in [1.54, 1.807) is 0 Å². The molecule has 0 aromatic rings. The summed E-state index contributed by atoms with van der Waals surface area (Å²) in [4.78, 5) is 10.7. The van der Waals surface area contributed by atoms with E-state index in [-0.39, 0.29) is 0 Å². The van der Waals surface area contributed by atoms with E-state index in [4.69, 9.17) is 10.2 Å². The quantitative estimate of drug-likeness (QED) is 0.491. The largest absolute Gasteiger partial charge is 0.504 e. The fourth-order valence-electron chi connectivity index (χ4n) is 0.736. The maximum Gasteiger partial charge on any atom is 0.225 e. The predicted molar refractivity (Wildman–Crippen MR) is 32.3 cm³/mol. The Kier molecular flexibility index (Phi) is 1.74.